The predicted molar refractivity (Wildman–Crippen MR) is 99.3 cm³/mol. The maximum Gasteiger partial charge on any atom is 0.120 e. The van der Waals surface area contributed by atoms with Crippen molar-refractivity contribution >= 4 is 0 Å². The summed E-state index contributed by atoms with van der Waals surface area (Å²) in [6.07, 6.45) is 3.39. The van der Waals surface area contributed by atoms with E-state index in [1.165, 1.54) is 11.1 Å². The summed E-state index contributed by atoms with van der Waals surface area (Å²) in [5, 5.41) is 0. The van der Waals surface area contributed by atoms with Crippen LogP contribution in [0.2, 0.25) is 0 Å². The summed E-state index contributed by atoms with van der Waals surface area (Å²) in [7, 11) is 0. The van der Waals surface area contributed by atoms with E-state index in [1.807, 2.05) is 0 Å². The van der Waals surface area contributed by atoms with Crippen molar-refractivity contribution in [3.8, 4) is 5.75 Å². The smallest absolute Gasteiger partial charge is 0.120 e. The lowest BCUT2D eigenvalue weighted by Gasteiger charge is -2.25. The highest BCUT2D eigenvalue weighted by molar-refractivity contribution is 5.37. The molecule has 1 aromatic carbocycles. The molecule has 0 aromatic heterocycles. The number of hydrogen-bond acceptors (Lipinski definition) is 2. The van der Waals surface area contributed by atoms with Crippen LogP contribution in [0.25, 0.3) is 0 Å². The Kier molecular flexibility index (Phi) is 7.13. The number of hydrogen-bond donors (Lipinski definition) is 0. The Hall–Kier alpha value is -1.02. The molecule has 23 heavy (non-hydrogen) atoms. The van der Waals surface area contributed by atoms with Gasteiger partial charge in [-0.1, -0.05) is 33.8 Å². The minimum absolute atomic E-state index is 0.133. The summed E-state index contributed by atoms with van der Waals surface area (Å²) >= 11 is 0. The van der Waals surface area contributed by atoms with Crippen LogP contribution in [0.15, 0.2) is 18.2 Å². The highest BCUT2D eigenvalue weighted by Crippen LogP contribution is 2.30. The van der Waals surface area contributed by atoms with E-state index in [2.05, 4.69) is 73.6 Å². The molecule has 1 rings (SSSR count). The third-order valence-electron chi connectivity index (χ3n) is 3.69. The van der Waals surface area contributed by atoms with Gasteiger partial charge in [0.15, 0.2) is 0 Å². The summed E-state index contributed by atoms with van der Waals surface area (Å²) in [6.45, 7) is 18.2. The lowest BCUT2D eigenvalue weighted by Crippen LogP contribution is -2.23. The van der Waals surface area contributed by atoms with Crippen LogP contribution in [0.5, 0.6) is 5.75 Å². The Bertz CT molecular complexity index is 478. The molecular weight excluding hydrogens is 284 g/mol. The van der Waals surface area contributed by atoms with Gasteiger partial charge in [0, 0.05) is 6.61 Å². The second kappa shape index (κ2) is 8.19. The first-order valence-electron chi connectivity index (χ1n) is 8.95. The Balaban J connectivity index is 3.02. The van der Waals surface area contributed by atoms with Crippen molar-refractivity contribution in [3.63, 3.8) is 0 Å². The Morgan fingerprint density at radius 2 is 1.70 bits per heavy atom. The van der Waals surface area contributed by atoms with E-state index in [4.69, 9.17) is 9.47 Å². The third-order valence-corrected chi connectivity index (χ3v) is 3.69. The van der Waals surface area contributed by atoms with Crippen molar-refractivity contribution < 1.29 is 9.47 Å². The second-order valence-electron chi connectivity index (χ2n) is 8.65. The number of benzene rings is 1. The third kappa shape index (κ3) is 7.87. The van der Waals surface area contributed by atoms with Crippen molar-refractivity contribution in [1.82, 2.24) is 0 Å². The minimum Gasteiger partial charge on any atom is -0.488 e. The van der Waals surface area contributed by atoms with Gasteiger partial charge in [-0.2, -0.15) is 0 Å². The van der Waals surface area contributed by atoms with E-state index in [0.717, 1.165) is 31.6 Å². The van der Waals surface area contributed by atoms with Crippen molar-refractivity contribution in [2.75, 3.05) is 6.61 Å². The number of ether oxygens (including phenoxy) is 2. The first kappa shape index (κ1) is 20.0. The van der Waals surface area contributed by atoms with Gasteiger partial charge < -0.3 is 9.47 Å². The molecule has 0 heterocycles. The predicted octanol–water partition coefficient (Wildman–Crippen LogP) is 6.33. The molecule has 0 radical (unpaired) electrons. The molecule has 132 valence electrons. The van der Waals surface area contributed by atoms with Gasteiger partial charge in [-0.15, -0.1) is 0 Å². The molecule has 1 aromatic rings. The molecule has 0 aliphatic heterocycles. The van der Waals surface area contributed by atoms with Crippen LogP contribution in [0.4, 0.5) is 0 Å². The van der Waals surface area contributed by atoms with E-state index >= 15 is 0 Å². The lowest BCUT2D eigenvalue weighted by atomic mass is 9.87. The number of aryl methyl sites for hydroxylation is 1. The molecule has 0 saturated carbocycles. The van der Waals surface area contributed by atoms with E-state index < -0.39 is 0 Å². The molecule has 0 fully saturated rings. The SMILES string of the molecule is CCCO[C@@H](C)c1ccc(OC(C)(C)C)cc1CCC(C)(C)C. The highest BCUT2D eigenvalue weighted by Gasteiger charge is 2.18. The lowest BCUT2D eigenvalue weighted by molar-refractivity contribution is 0.0654. The Labute approximate surface area is 143 Å². The zero-order valence-electron chi connectivity index (χ0n) is 16.5. The highest BCUT2D eigenvalue weighted by atomic mass is 16.5. The molecule has 2 nitrogen and oxygen atoms in total. The van der Waals surface area contributed by atoms with E-state index in [-0.39, 0.29) is 11.7 Å². The Morgan fingerprint density at radius 1 is 1.04 bits per heavy atom. The fourth-order valence-electron chi connectivity index (χ4n) is 2.51. The summed E-state index contributed by atoms with van der Waals surface area (Å²) in [5.74, 6) is 0.952. The molecule has 0 aliphatic carbocycles. The minimum atomic E-state index is -0.173. The first-order valence-corrected chi connectivity index (χ1v) is 8.95. The zero-order valence-corrected chi connectivity index (χ0v) is 16.5. The summed E-state index contributed by atoms with van der Waals surface area (Å²) < 4.78 is 12.0. The molecule has 0 spiro atoms. The average Bonchev–Trinajstić information content (AvgIpc) is 2.40. The number of rotatable bonds is 7. The molecule has 2 heteroatoms. The molecular formula is C21H36O2. The monoisotopic (exact) mass is 320 g/mol. The van der Waals surface area contributed by atoms with Crippen LogP contribution >= 0.6 is 0 Å². The van der Waals surface area contributed by atoms with E-state index in [1.54, 1.807) is 0 Å². The summed E-state index contributed by atoms with van der Waals surface area (Å²) in [6, 6.07) is 6.46. The second-order valence-corrected chi connectivity index (χ2v) is 8.65. The van der Waals surface area contributed by atoms with Gasteiger partial charge in [0.2, 0.25) is 0 Å². The van der Waals surface area contributed by atoms with Crippen molar-refractivity contribution in [2.45, 2.75) is 86.4 Å². The van der Waals surface area contributed by atoms with Gasteiger partial charge in [-0.25, -0.2) is 0 Å². The fourth-order valence-corrected chi connectivity index (χ4v) is 2.51. The van der Waals surface area contributed by atoms with Crippen LogP contribution in [0, 0.1) is 5.41 Å². The maximum absolute atomic E-state index is 6.05. The Morgan fingerprint density at radius 3 is 2.22 bits per heavy atom. The van der Waals surface area contributed by atoms with Crippen LogP contribution < -0.4 is 4.74 Å². The topological polar surface area (TPSA) is 18.5 Å². The van der Waals surface area contributed by atoms with Gasteiger partial charge in [-0.05, 0) is 75.6 Å². The standard InChI is InChI=1S/C21H36O2/c1-9-14-22-16(2)19-11-10-18(23-21(6,7)8)15-17(19)12-13-20(3,4)5/h10-11,15-16H,9,12-14H2,1-8H3/t16-/m0/s1. The zero-order chi connectivity index (χ0) is 17.7. The van der Waals surface area contributed by atoms with E-state index in [9.17, 15) is 0 Å². The van der Waals surface area contributed by atoms with Crippen molar-refractivity contribution in [1.29, 1.82) is 0 Å². The quantitative estimate of drug-likeness (QED) is 0.584. The van der Waals surface area contributed by atoms with Gasteiger partial charge in [-0.3, -0.25) is 0 Å². The van der Waals surface area contributed by atoms with Crippen LogP contribution in [-0.2, 0) is 11.2 Å². The molecule has 1 atom stereocenters. The average molecular weight is 321 g/mol. The fraction of sp³-hybridized carbons (Fsp3) is 0.714. The first-order chi connectivity index (χ1) is 10.5. The normalized spacial score (nSPS) is 13.9. The van der Waals surface area contributed by atoms with Crippen LogP contribution in [0.1, 0.15) is 85.5 Å². The van der Waals surface area contributed by atoms with Crippen LogP contribution in [0.3, 0.4) is 0 Å². The molecule has 0 aliphatic rings. The van der Waals surface area contributed by atoms with Gasteiger partial charge >= 0.3 is 0 Å². The summed E-state index contributed by atoms with van der Waals surface area (Å²) in [4.78, 5) is 0. The molecule has 0 amide bonds. The summed E-state index contributed by atoms with van der Waals surface area (Å²) in [5.41, 5.74) is 2.80. The van der Waals surface area contributed by atoms with E-state index in [0.29, 0.717) is 5.41 Å². The van der Waals surface area contributed by atoms with Gasteiger partial charge in [0.25, 0.3) is 0 Å². The molecule has 0 unspecified atom stereocenters. The van der Waals surface area contributed by atoms with Crippen LogP contribution in [-0.4, -0.2) is 12.2 Å². The largest absolute Gasteiger partial charge is 0.488 e. The maximum atomic E-state index is 6.05. The molecule has 0 saturated heterocycles. The van der Waals surface area contributed by atoms with Gasteiger partial charge in [0.05, 0.1) is 6.10 Å². The van der Waals surface area contributed by atoms with Gasteiger partial charge in [0.1, 0.15) is 11.4 Å². The van der Waals surface area contributed by atoms with Crippen molar-refractivity contribution in [2.24, 2.45) is 5.41 Å². The molecule has 0 bridgehead atoms. The molecule has 0 N–H and O–H groups in total. The van der Waals surface area contributed by atoms with Crippen molar-refractivity contribution in [3.05, 3.63) is 29.3 Å².